The van der Waals surface area contributed by atoms with Gasteiger partial charge in [-0.1, -0.05) is 50.1 Å². The van der Waals surface area contributed by atoms with Crippen LogP contribution < -0.4 is 10.1 Å². The summed E-state index contributed by atoms with van der Waals surface area (Å²) in [6.07, 6.45) is 6.01. The summed E-state index contributed by atoms with van der Waals surface area (Å²) in [5, 5.41) is 3.68. The lowest BCUT2D eigenvalue weighted by molar-refractivity contribution is 0.415. The smallest absolute Gasteiger partial charge is 0.119 e. The maximum atomic E-state index is 5.22. The van der Waals surface area contributed by atoms with Crippen molar-refractivity contribution in [1.82, 2.24) is 0 Å². The summed E-state index contributed by atoms with van der Waals surface area (Å²) < 4.78 is 5.22. The van der Waals surface area contributed by atoms with Crippen LogP contribution in [-0.2, 0) is 6.42 Å². The maximum absolute atomic E-state index is 5.22. The minimum Gasteiger partial charge on any atom is -0.497 e. The molecule has 118 valence electrons. The van der Waals surface area contributed by atoms with Gasteiger partial charge in [-0.15, -0.1) is 0 Å². The topological polar surface area (TPSA) is 21.3 Å². The van der Waals surface area contributed by atoms with Gasteiger partial charge in [-0.25, -0.2) is 0 Å². The normalized spacial score (nSPS) is 11.9. The number of hydrogen-bond acceptors (Lipinski definition) is 2. The molecule has 0 heterocycles. The Hall–Kier alpha value is -1.96. The van der Waals surface area contributed by atoms with Gasteiger partial charge in [0.05, 0.1) is 7.11 Å². The molecule has 2 aromatic rings. The molecular weight excluding hydrogens is 270 g/mol. The van der Waals surface area contributed by atoms with E-state index in [0.717, 1.165) is 18.6 Å². The van der Waals surface area contributed by atoms with Crippen molar-refractivity contribution in [2.45, 2.75) is 45.1 Å². The molecule has 22 heavy (non-hydrogen) atoms. The zero-order valence-electron chi connectivity index (χ0n) is 13.7. The molecule has 0 bridgehead atoms. The van der Waals surface area contributed by atoms with Gasteiger partial charge < -0.3 is 10.1 Å². The summed E-state index contributed by atoms with van der Waals surface area (Å²) in [4.78, 5) is 0. The number of ether oxygens (including phenoxy) is 1. The van der Waals surface area contributed by atoms with Gasteiger partial charge in [0.15, 0.2) is 0 Å². The summed E-state index contributed by atoms with van der Waals surface area (Å²) in [6.45, 7) is 2.25. The standard InChI is InChI=1S/C20H27NO/c1-3-4-10-18(12-11-17-8-6-5-7-9-17)21-19-13-15-20(22-2)16-14-19/h5-9,13-16,18,21H,3-4,10-12H2,1-2H3/t18-/m1/s1. The first-order chi connectivity index (χ1) is 10.8. The fourth-order valence-electron chi connectivity index (χ4n) is 2.65. The van der Waals surface area contributed by atoms with Gasteiger partial charge in [-0.2, -0.15) is 0 Å². The molecule has 0 aliphatic carbocycles. The predicted molar refractivity (Wildman–Crippen MR) is 94.7 cm³/mol. The van der Waals surface area contributed by atoms with Gasteiger partial charge in [0.1, 0.15) is 5.75 Å². The van der Waals surface area contributed by atoms with Crippen molar-refractivity contribution in [2.75, 3.05) is 12.4 Å². The number of methoxy groups -OCH3 is 1. The summed E-state index contributed by atoms with van der Waals surface area (Å²) >= 11 is 0. The van der Waals surface area contributed by atoms with Gasteiger partial charge in [-0.3, -0.25) is 0 Å². The van der Waals surface area contributed by atoms with Crippen molar-refractivity contribution in [1.29, 1.82) is 0 Å². The van der Waals surface area contributed by atoms with Crippen LogP contribution in [0.1, 0.15) is 38.2 Å². The van der Waals surface area contributed by atoms with E-state index in [1.807, 2.05) is 12.1 Å². The van der Waals surface area contributed by atoms with Crippen molar-refractivity contribution < 1.29 is 4.74 Å². The molecule has 0 spiro atoms. The summed E-state index contributed by atoms with van der Waals surface area (Å²) in [5.74, 6) is 0.903. The highest BCUT2D eigenvalue weighted by Gasteiger charge is 2.08. The fraction of sp³-hybridized carbons (Fsp3) is 0.400. The first-order valence-electron chi connectivity index (χ1n) is 8.26. The van der Waals surface area contributed by atoms with E-state index in [1.165, 1.54) is 30.5 Å². The highest BCUT2D eigenvalue weighted by molar-refractivity contribution is 5.47. The molecular formula is C20H27NO. The molecule has 1 atom stereocenters. The summed E-state index contributed by atoms with van der Waals surface area (Å²) in [5.41, 5.74) is 2.59. The molecule has 0 unspecified atom stereocenters. The van der Waals surface area contributed by atoms with E-state index in [0.29, 0.717) is 6.04 Å². The number of hydrogen-bond donors (Lipinski definition) is 1. The first-order valence-corrected chi connectivity index (χ1v) is 8.26. The van der Waals surface area contributed by atoms with Crippen LogP contribution in [0.25, 0.3) is 0 Å². The third kappa shape index (κ3) is 5.44. The van der Waals surface area contributed by atoms with Crippen LogP contribution in [0, 0.1) is 0 Å². The molecule has 0 fully saturated rings. The molecule has 0 saturated heterocycles. The van der Waals surface area contributed by atoms with Crippen LogP contribution in [0.5, 0.6) is 5.75 Å². The third-order valence-corrected chi connectivity index (χ3v) is 3.99. The predicted octanol–water partition coefficient (Wildman–Crippen LogP) is 5.30. The average Bonchev–Trinajstić information content (AvgIpc) is 2.59. The minimum atomic E-state index is 0.522. The second-order valence-corrected chi connectivity index (χ2v) is 5.74. The molecule has 0 aromatic heterocycles. The molecule has 0 aliphatic rings. The van der Waals surface area contributed by atoms with E-state index in [9.17, 15) is 0 Å². The van der Waals surface area contributed by atoms with Crippen LogP contribution in [0.2, 0.25) is 0 Å². The molecule has 2 heteroatoms. The number of unbranched alkanes of at least 4 members (excludes halogenated alkanes) is 1. The van der Waals surface area contributed by atoms with Crippen LogP contribution in [0.3, 0.4) is 0 Å². The fourth-order valence-corrected chi connectivity index (χ4v) is 2.65. The Balaban J connectivity index is 1.92. The lowest BCUT2D eigenvalue weighted by Gasteiger charge is -2.20. The second kappa shape index (κ2) is 9.14. The van der Waals surface area contributed by atoms with Gasteiger partial charge in [0.25, 0.3) is 0 Å². The Morgan fingerprint density at radius 2 is 1.68 bits per heavy atom. The van der Waals surface area contributed by atoms with E-state index in [1.54, 1.807) is 7.11 Å². The van der Waals surface area contributed by atoms with Gasteiger partial charge in [0.2, 0.25) is 0 Å². The highest BCUT2D eigenvalue weighted by Crippen LogP contribution is 2.19. The second-order valence-electron chi connectivity index (χ2n) is 5.74. The van der Waals surface area contributed by atoms with Crippen LogP contribution in [0.15, 0.2) is 54.6 Å². The molecule has 0 radical (unpaired) electrons. The quantitative estimate of drug-likeness (QED) is 0.678. The Kier molecular flexibility index (Phi) is 6.82. The molecule has 0 saturated carbocycles. The molecule has 2 nitrogen and oxygen atoms in total. The Morgan fingerprint density at radius 3 is 2.32 bits per heavy atom. The van der Waals surface area contributed by atoms with Crippen LogP contribution in [0.4, 0.5) is 5.69 Å². The Labute approximate surface area is 134 Å². The van der Waals surface area contributed by atoms with E-state index >= 15 is 0 Å². The SMILES string of the molecule is CCCC[C@H](CCc1ccccc1)Nc1ccc(OC)cc1. The van der Waals surface area contributed by atoms with Crippen molar-refractivity contribution in [3.8, 4) is 5.75 Å². The van der Waals surface area contributed by atoms with Crippen LogP contribution in [-0.4, -0.2) is 13.2 Å². The number of rotatable bonds is 9. The average molecular weight is 297 g/mol. The molecule has 2 rings (SSSR count). The van der Waals surface area contributed by atoms with Gasteiger partial charge >= 0.3 is 0 Å². The van der Waals surface area contributed by atoms with E-state index in [4.69, 9.17) is 4.74 Å². The summed E-state index contributed by atoms with van der Waals surface area (Å²) in [6, 6.07) is 19.5. The number of anilines is 1. The minimum absolute atomic E-state index is 0.522. The lowest BCUT2D eigenvalue weighted by atomic mass is 10.0. The van der Waals surface area contributed by atoms with Crippen molar-refractivity contribution in [3.63, 3.8) is 0 Å². The molecule has 1 N–H and O–H groups in total. The van der Waals surface area contributed by atoms with Crippen molar-refractivity contribution in [2.24, 2.45) is 0 Å². The monoisotopic (exact) mass is 297 g/mol. The van der Waals surface area contributed by atoms with Crippen LogP contribution >= 0.6 is 0 Å². The molecule has 2 aromatic carbocycles. The maximum Gasteiger partial charge on any atom is 0.119 e. The van der Waals surface area contributed by atoms with Gasteiger partial charge in [0, 0.05) is 11.7 Å². The van der Waals surface area contributed by atoms with Gasteiger partial charge in [-0.05, 0) is 49.1 Å². The Bertz CT molecular complexity index is 521. The Morgan fingerprint density at radius 1 is 0.955 bits per heavy atom. The number of benzene rings is 2. The largest absolute Gasteiger partial charge is 0.497 e. The van der Waals surface area contributed by atoms with E-state index in [2.05, 4.69) is 54.7 Å². The third-order valence-electron chi connectivity index (χ3n) is 3.99. The molecule has 0 aliphatic heterocycles. The lowest BCUT2D eigenvalue weighted by Crippen LogP contribution is -2.20. The zero-order chi connectivity index (χ0) is 15.6. The van der Waals surface area contributed by atoms with E-state index < -0.39 is 0 Å². The summed E-state index contributed by atoms with van der Waals surface area (Å²) in [7, 11) is 1.70. The van der Waals surface area contributed by atoms with E-state index in [-0.39, 0.29) is 0 Å². The molecule has 0 amide bonds. The van der Waals surface area contributed by atoms with Crippen molar-refractivity contribution >= 4 is 5.69 Å². The number of nitrogens with one attached hydrogen (secondary N) is 1. The number of aryl methyl sites for hydroxylation is 1. The van der Waals surface area contributed by atoms with Crippen molar-refractivity contribution in [3.05, 3.63) is 60.2 Å². The zero-order valence-corrected chi connectivity index (χ0v) is 13.7. The highest BCUT2D eigenvalue weighted by atomic mass is 16.5. The first kappa shape index (κ1) is 16.4.